The first kappa shape index (κ1) is 14.0. The van der Waals surface area contributed by atoms with Gasteiger partial charge in [0.2, 0.25) is 5.91 Å². The van der Waals surface area contributed by atoms with Crippen molar-refractivity contribution >= 4 is 22.2 Å². The van der Waals surface area contributed by atoms with E-state index in [0.29, 0.717) is 6.61 Å². The lowest BCUT2D eigenvalue weighted by Crippen LogP contribution is -2.53. The fourth-order valence-corrected chi connectivity index (χ4v) is 4.36. The van der Waals surface area contributed by atoms with Crippen LogP contribution in [0.1, 0.15) is 35.8 Å². The number of thiophene rings is 1. The first-order valence-electron chi connectivity index (χ1n) is 7.44. The van der Waals surface area contributed by atoms with Crippen molar-refractivity contribution in [2.75, 3.05) is 18.5 Å². The van der Waals surface area contributed by atoms with Gasteiger partial charge in [0.25, 0.3) is 0 Å². The molecule has 1 amide bonds. The Morgan fingerprint density at radius 3 is 2.95 bits per heavy atom. The van der Waals surface area contributed by atoms with Crippen molar-refractivity contribution in [3.05, 3.63) is 16.0 Å². The molecule has 4 nitrogen and oxygen atoms in total. The van der Waals surface area contributed by atoms with Crippen LogP contribution in [0, 0.1) is 6.92 Å². The van der Waals surface area contributed by atoms with E-state index in [4.69, 9.17) is 4.74 Å². The van der Waals surface area contributed by atoms with Crippen LogP contribution in [0.3, 0.4) is 0 Å². The Balaban J connectivity index is 1.74. The summed E-state index contributed by atoms with van der Waals surface area (Å²) >= 11 is 1.75. The maximum absolute atomic E-state index is 12.4. The first-order valence-corrected chi connectivity index (χ1v) is 8.25. The number of carbonyl (C=O) groups is 1. The highest BCUT2D eigenvalue weighted by atomic mass is 32.1. The molecule has 0 bridgehead atoms. The molecule has 20 heavy (non-hydrogen) atoms. The SMILES string of the molecule is Cc1c(NC(=O)[C@H]2NCCO[C@@H]2C)sc2c1CCCC2. The summed E-state index contributed by atoms with van der Waals surface area (Å²) in [5.41, 5.74) is 2.74. The third-order valence-electron chi connectivity index (χ3n) is 4.27. The van der Waals surface area contributed by atoms with Crippen molar-refractivity contribution in [2.24, 2.45) is 0 Å². The number of anilines is 1. The number of carbonyl (C=O) groups excluding carboxylic acids is 1. The van der Waals surface area contributed by atoms with E-state index < -0.39 is 0 Å². The zero-order chi connectivity index (χ0) is 14.1. The molecule has 0 radical (unpaired) electrons. The standard InChI is InChI=1S/C15H22N2O2S/c1-9-11-5-3-4-6-12(11)20-15(9)17-14(18)13-10(2)19-8-7-16-13/h10,13,16H,3-8H2,1-2H3,(H,17,18)/t10-,13+/m1/s1. The van der Waals surface area contributed by atoms with Crippen molar-refractivity contribution in [3.8, 4) is 0 Å². The lowest BCUT2D eigenvalue weighted by atomic mass is 9.96. The second kappa shape index (κ2) is 5.84. The summed E-state index contributed by atoms with van der Waals surface area (Å²) in [5.74, 6) is 0.0268. The van der Waals surface area contributed by atoms with Crippen LogP contribution < -0.4 is 10.6 Å². The van der Waals surface area contributed by atoms with Crippen LogP contribution in [0.5, 0.6) is 0 Å². The maximum Gasteiger partial charge on any atom is 0.244 e. The number of fused-ring (bicyclic) bond motifs is 1. The molecule has 1 saturated heterocycles. The van der Waals surface area contributed by atoms with Gasteiger partial charge in [-0.1, -0.05) is 0 Å². The number of hydrogen-bond acceptors (Lipinski definition) is 4. The minimum Gasteiger partial charge on any atom is -0.375 e. The summed E-state index contributed by atoms with van der Waals surface area (Å²) in [6, 6.07) is -0.248. The molecular formula is C15H22N2O2S. The molecule has 2 heterocycles. The minimum atomic E-state index is -0.248. The van der Waals surface area contributed by atoms with Gasteiger partial charge in [-0.05, 0) is 50.7 Å². The number of amides is 1. The van der Waals surface area contributed by atoms with Crippen molar-refractivity contribution in [2.45, 2.75) is 51.7 Å². The van der Waals surface area contributed by atoms with Crippen LogP contribution in [0.15, 0.2) is 0 Å². The first-order chi connectivity index (χ1) is 9.66. The van der Waals surface area contributed by atoms with Crippen LogP contribution in [-0.4, -0.2) is 31.2 Å². The van der Waals surface area contributed by atoms with Crippen molar-refractivity contribution in [1.82, 2.24) is 5.32 Å². The summed E-state index contributed by atoms with van der Waals surface area (Å²) in [5, 5.41) is 7.37. The molecule has 1 fully saturated rings. The molecule has 1 aromatic heterocycles. The van der Waals surface area contributed by atoms with E-state index >= 15 is 0 Å². The number of hydrogen-bond donors (Lipinski definition) is 2. The second-order valence-corrected chi connectivity index (χ2v) is 6.77. The van der Waals surface area contributed by atoms with E-state index in [9.17, 15) is 4.79 Å². The molecule has 2 N–H and O–H groups in total. The Bertz CT molecular complexity index is 512. The van der Waals surface area contributed by atoms with Crippen molar-refractivity contribution in [1.29, 1.82) is 0 Å². The van der Waals surface area contributed by atoms with Gasteiger partial charge < -0.3 is 15.4 Å². The molecular weight excluding hydrogens is 272 g/mol. The van der Waals surface area contributed by atoms with Gasteiger partial charge in [-0.3, -0.25) is 4.79 Å². The third kappa shape index (κ3) is 2.62. The summed E-state index contributed by atoms with van der Waals surface area (Å²) in [7, 11) is 0. The topological polar surface area (TPSA) is 50.4 Å². The second-order valence-electron chi connectivity index (χ2n) is 5.66. The highest BCUT2D eigenvalue weighted by molar-refractivity contribution is 7.16. The van der Waals surface area contributed by atoms with Gasteiger partial charge in [0.15, 0.2) is 0 Å². The van der Waals surface area contributed by atoms with Gasteiger partial charge in [-0.2, -0.15) is 0 Å². The van der Waals surface area contributed by atoms with E-state index in [2.05, 4.69) is 17.6 Å². The van der Waals surface area contributed by atoms with E-state index in [-0.39, 0.29) is 18.1 Å². The zero-order valence-electron chi connectivity index (χ0n) is 12.1. The van der Waals surface area contributed by atoms with Gasteiger partial charge in [0.1, 0.15) is 6.04 Å². The minimum absolute atomic E-state index is 0.0268. The predicted octanol–water partition coefficient (Wildman–Crippen LogP) is 2.25. The molecule has 0 unspecified atom stereocenters. The van der Waals surface area contributed by atoms with Gasteiger partial charge >= 0.3 is 0 Å². The highest BCUT2D eigenvalue weighted by Gasteiger charge is 2.29. The monoisotopic (exact) mass is 294 g/mol. The normalized spacial score (nSPS) is 26.1. The summed E-state index contributed by atoms with van der Waals surface area (Å²) in [6.45, 7) is 5.49. The maximum atomic E-state index is 12.4. The lowest BCUT2D eigenvalue weighted by Gasteiger charge is -2.29. The summed E-state index contributed by atoms with van der Waals surface area (Å²) < 4.78 is 5.54. The quantitative estimate of drug-likeness (QED) is 0.879. The van der Waals surface area contributed by atoms with Crippen molar-refractivity contribution < 1.29 is 9.53 Å². The van der Waals surface area contributed by atoms with Crippen LogP contribution in [-0.2, 0) is 22.4 Å². The molecule has 1 aliphatic heterocycles. The van der Waals surface area contributed by atoms with Crippen LogP contribution >= 0.6 is 11.3 Å². The average Bonchev–Trinajstić information content (AvgIpc) is 2.76. The van der Waals surface area contributed by atoms with E-state index in [0.717, 1.165) is 24.4 Å². The smallest absolute Gasteiger partial charge is 0.244 e. The van der Waals surface area contributed by atoms with Gasteiger partial charge in [-0.15, -0.1) is 11.3 Å². The molecule has 110 valence electrons. The Morgan fingerprint density at radius 1 is 1.40 bits per heavy atom. The van der Waals surface area contributed by atoms with Gasteiger partial charge in [0, 0.05) is 11.4 Å². The number of aryl methyl sites for hydroxylation is 1. The van der Waals surface area contributed by atoms with Crippen LogP contribution in [0.25, 0.3) is 0 Å². The third-order valence-corrected chi connectivity index (χ3v) is 5.58. The summed E-state index contributed by atoms with van der Waals surface area (Å²) in [4.78, 5) is 13.9. The van der Waals surface area contributed by atoms with Crippen LogP contribution in [0.2, 0.25) is 0 Å². The van der Waals surface area contributed by atoms with Crippen LogP contribution in [0.4, 0.5) is 5.00 Å². The molecule has 0 saturated carbocycles. The Morgan fingerprint density at radius 2 is 2.20 bits per heavy atom. The fourth-order valence-electron chi connectivity index (χ4n) is 3.06. The Labute approximate surface area is 123 Å². The Kier molecular flexibility index (Phi) is 4.10. The van der Waals surface area contributed by atoms with Gasteiger partial charge in [-0.25, -0.2) is 0 Å². The number of rotatable bonds is 2. The number of morpholine rings is 1. The number of nitrogens with one attached hydrogen (secondary N) is 2. The molecule has 0 aromatic carbocycles. The highest BCUT2D eigenvalue weighted by Crippen LogP contribution is 2.37. The molecule has 5 heteroatoms. The van der Waals surface area contributed by atoms with Gasteiger partial charge in [0.05, 0.1) is 17.7 Å². The average molecular weight is 294 g/mol. The Hall–Kier alpha value is -0.910. The predicted molar refractivity (Wildman–Crippen MR) is 81.5 cm³/mol. The molecule has 2 atom stereocenters. The molecule has 2 aliphatic rings. The molecule has 1 aliphatic carbocycles. The molecule has 3 rings (SSSR count). The van der Waals surface area contributed by atoms with E-state index in [1.807, 2.05) is 6.92 Å². The fraction of sp³-hybridized carbons (Fsp3) is 0.667. The van der Waals surface area contributed by atoms with E-state index in [1.165, 1.54) is 28.8 Å². The number of ether oxygens (including phenoxy) is 1. The van der Waals surface area contributed by atoms with E-state index in [1.54, 1.807) is 11.3 Å². The largest absolute Gasteiger partial charge is 0.375 e. The molecule has 0 spiro atoms. The summed E-state index contributed by atoms with van der Waals surface area (Å²) in [6.07, 6.45) is 4.80. The molecule has 1 aromatic rings. The zero-order valence-corrected chi connectivity index (χ0v) is 12.9. The van der Waals surface area contributed by atoms with Crippen molar-refractivity contribution in [3.63, 3.8) is 0 Å². The lowest BCUT2D eigenvalue weighted by molar-refractivity contribution is -0.123.